The van der Waals surface area contributed by atoms with Crippen molar-refractivity contribution in [1.82, 2.24) is 4.98 Å². The molecule has 1 aliphatic rings. The van der Waals surface area contributed by atoms with Crippen LogP contribution in [-0.2, 0) is 6.54 Å². The summed E-state index contributed by atoms with van der Waals surface area (Å²) >= 11 is 5.93. The summed E-state index contributed by atoms with van der Waals surface area (Å²) in [7, 11) is 2.07. The van der Waals surface area contributed by atoms with Crippen molar-refractivity contribution < 1.29 is 0 Å². The van der Waals surface area contributed by atoms with Crippen LogP contribution < -0.4 is 10.2 Å². The van der Waals surface area contributed by atoms with Gasteiger partial charge in [-0.3, -0.25) is 0 Å². The fraction of sp³-hybridized carbons (Fsp3) is 0.154. The molecule has 1 aromatic heterocycles. The molecule has 0 amide bonds. The van der Waals surface area contributed by atoms with E-state index in [1.807, 2.05) is 24.4 Å². The van der Waals surface area contributed by atoms with Gasteiger partial charge in [-0.25, -0.2) is 4.98 Å². The number of aromatic nitrogens is 1. The molecule has 1 aliphatic heterocycles. The molecular weight excluding hydrogens is 234 g/mol. The first-order valence-electron chi connectivity index (χ1n) is 5.45. The van der Waals surface area contributed by atoms with Crippen LogP contribution in [0.1, 0.15) is 5.56 Å². The number of nitrogens with one attached hydrogen (secondary N) is 1. The summed E-state index contributed by atoms with van der Waals surface area (Å²) in [6, 6.07) is 10.1. The van der Waals surface area contributed by atoms with Gasteiger partial charge in [-0.2, -0.15) is 0 Å². The van der Waals surface area contributed by atoms with E-state index in [4.69, 9.17) is 11.6 Å². The number of para-hydroxylation sites is 2. The number of hydrogen-bond donors (Lipinski definition) is 1. The molecule has 0 atom stereocenters. The zero-order valence-electron chi connectivity index (χ0n) is 9.44. The van der Waals surface area contributed by atoms with Crippen LogP contribution >= 0.6 is 11.6 Å². The molecule has 0 saturated carbocycles. The largest absolute Gasteiger partial charge is 0.368 e. The first-order valence-corrected chi connectivity index (χ1v) is 5.83. The smallest absolute Gasteiger partial charge is 0.131 e. The summed E-state index contributed by atoms with van der Waals surface area (Å²) in [4.78, 5) is 6.33. The van der Waals surface area contributed by atoms with Crippen molar-refractivity contribution in [2.45, 2.75) is 6.54 Å². The van der Waals surface area contributed by atoms with Gasteiger partial charge in [-0.1, -0.05) is 23.7 Å². The van der Waals surface area contributed by atoms with Crippen molar-refractivity contribution in [3.05, 3.63) is 47.2 Å². The van der Waals surface area contributed by atoms with E-state index in [-0.39, 0.29) is 0 Å². The van der Waals surface area contributed by atoms with E-state index in [2.05, 4.69) is 34.4 Å². The van der Waals surface area contributed by atoms with Crippen molar-refractivity contribution in [3.8, 4) is 0 Å². The first kappa shape index (κ1) is 10.4. The van der Waals surface area contributed by atoms with Gasteiger partial charge in [0, 0.05) is 31.0 Å². The summed E-state index contributed by atoms with van der Waals surface area (Å²) in [5.41, 5.74) is 4.45. The number of benzene rings is 1. The Labute approximate surface area is 105 Å². The fourth-order valence-electron chi connectivity index (χ4n) is 2.10. The van der Waals surface area contributed by atoms with E-state index < -0.39 is 0 Å². The maximum atomic E-state index is 5.93. The molecule has 4 heteroatoms. The lowest BCUT2D eigenvalue weighted by Gasteiger charge is -2.18. The Hall–Kier alpha value is -1.74. The Morgan fingerprint density at radius 1 is 1.29 bits per heavy atom. The van der Waals surface area contributed by atoms with Crippen molar-refractivity contribution in [2.24, 2.45) is 0 Å². The quantitative estimate of drug-likeness (QED) is 0.721. The molecule has 0 spiro atoms. The minimum atomic E-state index is 0.512. The number of rotatable bonds is 0. The molecule has 0 fully saturated rings. The Morgan fingerprint density at radius 2 is 2.12 bits per heavy atom. The van der Waals surface area contributed by atoms with Crippen LogP contribution in [0.4, 0.5) is 17.1 Å². The predicted octanol–water partition coefficient (Wildman–Crippen LogP) is 3.43. The van der Waals surface area contributed by atoms with Gasteiger partial charge in [0.25, 0.3) is 0 Å². The number of nitrogens with zero attached hydrogens (tertiary/aromatic N) is 2. The van der Waals surface area contributed by atoms with Crippen molar-refractivity contribution in [1.29, 1.82) is 0 Å². The van der Waals surface area contributed by atoms with Crippen LogP contribution in [0.25, 0.3) is 0 Å². The molecule has 3 nitrogen and oxygen atoms in total. The molecule has 0 saturated heterocycles. The lowest BCUT2D eigenvalue weighted by Crippen LogP contribution is -2.15. The highest BCUT2D eigenvalue weighted by molar-refractivity contribution is 6.29. The summed E-state index contributed by atoms with van der Waals surface area (Å²) < 4.78 is 0. The number of pyridine rings is 1. The maximum absolute atomic E-state index is 5.93. The van der Waals surface area contributed by atoms with Crippen LogP contribution in [-0.4, -0.2) is 12.0 Å². The zero-order chi connectivity index (χ0) is 11.8. The van der Waals surface area contributed by atoms with Gasteiger partial charge in [-0.05, 0) is 18.2 Å². The molecule has 86 valence electrons. The average molecular weight is 246 g/mol. The topological polar surface area (TPSA) is 28.2 Å². The van der Waals surface area contributed by atoms with Gasteiger partial charge in [0.2, 0.25) is 0 Å². The SMILES string of the molecule is CN1Cc2cnc(Cl)cc2Nc2ccccc21. The maximum Gasteiger partial charge on any atom is 0.131 e. The number of hydrogen-bond acceptors (Lipinski definition) is 3. The van der Waals surface area contributed by atoms with E-state index in [0.717, 1.165) is 23.5 Å². The van der Waals surface area contributed by atoms with Crippen LogP contribution in [0, 0.1) is 0 Å². The van der Waals surface area contributed by atoms with E-state index in [1.54, 1.807) is 0 Å². The molecule has 2 heterocycles. The average Bonchev–Trinajstić information content (AvgIpc) is 2.46. The molecule has 1 N–H and O–H groups in total. The lowest BCUT2D eigenvalue weighted by atomic mass is 10.2. The number of anilines is 3. The summed E-state index contributed by atoms with van der Waals surface area (Å²) in [5, 5.41) is 3.92. The first-order chi connectivity index (χ1) is 8.24. The van der Waals surface area contributed by atoms with Crippen LogP contribution in [0.2, 0.25) is 5.15 Å². The fourth-order valence-corrected chi connectivity index (χ4v) is 2.26. The molecule has 17 heavy (non-hydrogen) atoms. The minimum Gasteiger partial charge on any atom is -0.368 e. The van der Waals surface area contributed by atoms with Crippen LogP contribution in [0.15, 0.2) is 36.5 Å². The second kappa shape index (κ2) is 3.93. The monoisotopic (exact) mass is 245 g/mol. The summed E-state index contributed by atoms with van der Waals surface area (Å²) in [5.74, 6) is 0. The molecule has 1 aromatic carbocycles. The van der Waals surface area contributed by atoms with E-state index in [1.165, 1.54) is 5.69 Å². The zero-order valence-corrected chi connectivity index (χ0v) is 10.2. The van der Waals surface area contributed by atoms with Crippen molar-refractivity contribution in [3.63, 3.8) is 0 Å². The Kier molecular flexibility index (Phi) is 2.41. The highest BCUT2D eigenvalue weighted by atomic mass is 35.5. The van der Waals surface area contributed by atoms with Crippen LogP contribution in [0.5, 0.6) is 0 Å². The van der Waals surface area contributed by atoms with Gasteiger partial charge in [-0.15, -0.1) is 0 Å². The normalized spacial score (nSPS) is 13.4. The molecule has 0 bridgehead atoms. The molecule has 2 aromatic rings. The summed E-state index contributed by atoms with van der Waals surface area (Å²) in [6.45, 7) is 0.823. The minimum absolute atomic E-state index is 0.512. The third-order valence-electron chi connectivity index (χ3n) is 2.95. The van der Waals surface area contributed by atoms with Gasteiger partial charge in [0.05, 0.1) is 11.4 Å². The van der Waals surface area contributed by atoms with Gasteiger partial charge >= 0.3 is 0 Å². The number of halogens is 1. The van der Waals surface area contributed by atoms with Crippen LogP contribution in [0.3, 0.4) is 0 Å². The highest BCUT2D eigenvalue weighted by Crippen LogP contribution is 2.34. The molecule has 0 aliphatic carbocycles. The highest BCUT2D eigenvalue weighted by Gasteiger charge is 2.16. The van der Waals surface area contributed by atoms with Gasteiger partial charge in [0.15, 0.2) is 0 Å². The molecule has 3 rings (SSSR count). The number of fused-ring (bicyclic) bond motifs is 2. The third kappa shape index (κ3) is 1.83. The second-order valence-electron chi connectivity index (χ2n) is 4.16. The van der Waals surface area contributed by atoms with E-state index >= 15 is 0 Å². The van der Waals surface area contributed by atoms with Gasteiger partial charge in [0.1, 0.15) is 5.15 Å². The van der Waals surface area contributed by atoms with Crippen molar-refractivity contribution in [2.75, 3.05) is 17.3 Å². The predicted molar refractivity (Wildman–Crippen MR) is 71.1 cm³/mol. The van der Waals surface area contributed by atoms with E-state index in [9.17, 15) is 0 Å². The lowest BCUT2D eigenvalue weighted by molar-refractivity contribution is 0.927. The molecular formula is C13H12ClN3. The Balaban J connectivity index is 2.14. The van der Waals surface area contributed by atoms with Gasteiger partial charge < -0.3 is 10.2 Å². The molecule has 0 radical (unpaired) electrons. The van der Waals surface area contributed by atoms with Crippen molar-refractivity contribution >= 4 is 28.7 Å². The standard InChI is InChI=1S/C13H12ClN3/c1-17-8-9-7-15-13(14)6-11(9)16-10-4-2-3-5-12(10)17/h2-7,16H,8H2,1H3. The Morgan fingerprint density at radius 3 is 3.00 bits per heavy atom. The third-order valence-corrected chi connectivity index (χ3v) is 3.15. The molecule has 0 unspecified atom stereocenters. The Bertz CT molecular complexity index is 568. The summed E-state index contributed by atoms with van der Waals surface area (Å²) in [6.07, 6.45) is 1.83. The second-order valence-corrected chi connectivity index (χ2v) is 4.55. The van der Waals surface area contributed by atoms with E-state index in [0.29, 0.717) is 5.15 Å².